The summed E-state index contributed by atoms with van der Waals surface area (Å²) in [6.07, 6.45) is 0.607. The molecule has 0 saturated carbocycles. The molecule has 2 aromatic carbocycles. The average Bonchev–Trinajstić information content (AvgIpc) is 2.66. The molecule has 1 heterocycles. The highest BCUT2D eigenvalue weighted by Gasteiger charge is 2.07. The minimum atomic E-state index is -3.68. The molecular weight excluding hydrogens is 382 g/mol. The van der Waals surface area contributed by atoms with Crippen molar-refractivity contribution in [2.75, 3.05) is 12.3 Å². The van der Waals surface area contributed by atoms with Gasteiger partial charge in [-0.15, -0.1) is 0 Å². The maximum Gasteiger partial charge on any atom is 0.238 e. The first-order chi connectivity index (χ1) is 12.9. The Labute approximate surface area is 162 Å². The molecule has 1 aromatic heterocycles. The number of carbonyl (C=O) groups excluding carboxylic acids is 1. The van der Waals surface area contributed by atoms with Crippen LogP contribution >= 0.6 is 11.8 Å². The van der Waals surface area contributed by atoms with Crippen LogP contribution in [0.25, 0.3) is 10.9 Å². The second kappa shape index (κ2) is 8.51. The van der Waals surface area contributed by atoms with Gasteiger partial charge in [0.1, 0.15) is 0 Å². The van der Waals surface area contributed by atoms with Crippen LogP contribution in [0.2, 0.25) is 0 Å². The third-order valence-electron chi connectivity index (χ3n) is 3.91. The molecule has 27 heavy (non-hydrogen) atoms. The molecule has 0 fully saturated rings. The summed E-state index contributed by atoms with van der Waals surface area (Å²) in [5, 5.41) is 9.80. The second-order valence-electron chi connectivity index (χ2n) is 5.92. The van der Waals surface area contributed by atoms with Crippen LogP contribution in [-0.2, 0) is 21.2 Å². The molecule has 0 radical (unpaired) electrons. The van der Waals surface area contributed by atoms with E-state index in [0.717, 1.165) is 21.5 Å². The predicted molar refractivity (Wildman–Crippen MR) is 107 cm³/mol. The molecular formula is C19H19N3O3S2. The molecule has 6 nitrogen and oxygen atoms in total. The van der Waals surface area contributed by atoms with Gasteiger partial charge in [0, 0.05) is 11.9 Å². The van der Waals surface area contributed by atoms with Gasteiger partial charge in [0.25, 0.3) is 0 Å². The number of carbonyl (C=O) groups is 1. The number of amides is 1. The Morgan fingerprint density at radius 2 is 1.78 bits per heavy atom. The molecule has 1 amide bonds. The van der Waals surface area contributed by atoms with Gasteiger partial charge in [-0.2, -0.15) is 0 Å². The summed E-state index contributed by atoms with van der Waals surface area (Å²) in [7, 11) is -3.68. The first-order valence-electron chi connectivity index (χ1n) is 8.29. The number of aromatic nitrogens is 1. The van der Waals surface area contributed by atoms with Crippen molar-refractivity contribution in [2.24, 2.45) is 5.14 Å². The van der Waals surface area contributed by atoms with Crippen molar-refractivity contribution >= 4 is 38.6 Å². The molecule has 0 unspecified atom stereocenters. The van der Waals surface area contributed by atoms with E-state index in [0.29, 0.717) is 13.0 Å². The minimum Gasteiger partial charge on any atom is -0.355 e. The quantitative estimate of drug-likeness (QED) is 0.592. The van der Waals surface area contributed by atoms with E-state index in [4.69, 9.17) is 5.14 Å². The van der Waals surface area contributed by atoms with E-state index in [1.54, 1.807) is 12.1 Å². The monoisotopic (exact) mass is 401 g/mol. The fourth-order valence-electron chi connectivity index (χ4n) is 2.51. The smallest absolute Gasteiger partial charge is 0.238 e. The molecule has 0 saturated heterocycles. The number of primary sulfonamides is 1. The molecule has 0 aliphatic rings. The van der Waals surface area contributed by atoms with Gasteiger partial charge < -0.3 is 5.32 Å². The fourth-order valence-corrected chi connectivity index (χ4v) is 3.73. The standard InChI is InChI=1S/C19H19N3O3S2/c20-27(24,25)16-8-5-14(6-9-16)11-12-21-18(23)13-26-19-10-7-15-3-1-2-4-17(15)22-19/h1-10H,11-13H2,(H,21,23)(H2,20,24,25). The highest BCUT2D eigenvalue weighted by molar-refractivity contribution is 7.99. The minimum absolute atomic E-state index is 0.0730. The Hall–Kier alpha value is -2.42. The number of hydrogen-bond donors (Lipinski definition) is 2. The maximum atomic E-state index is 12.0. The lowest BCUT2D eigenvalue weighted by atomic mass is 10.1. The molecule has 0 aliphatic carbocycles. The zero-order chi connectivity index (χ0) is 19.3. The van der Waals surface area contributed by atoms with Gasteiger partial charge in [0.2, 0.25) is 15.9 Å². The number of para-hydroxylation sites is 1. The van der Waals surface area contributed by atoms with E-state index in [-0.39, 0.29) is 16.6 Å². The van der Waals surface area contributed by atoms with Crippen LogP contribution in [0.5, 0.6) is 0 Å². The second-order valence-corrected chi connectivity index (χ2v) is 8.48. The van der Waals surface area contributed by atoms with Crippen LogP contribution in [0.15, 0.2) is 70.6 Å². The molecule has 3 N–H and O–H groups in total. The lowest BCUT2D eigenvalue weighted by Gasteiger charge is -2.06. The molecule has 8 heteroatoms. The summed E-state index contributed by atoms with van der Waals surface area (Å²) in [5.74, 6) is 0.214. The number of hydrogen-bond acceptors (Lipinski definition) is 5. The highest BCUT2D eigenvalue weighted by atomic mass is 32.2. The number of nitrogens with two attached hydrogens (primary N) is 1. The summed E-state index contributed by atoms with van der Waals surface area (Å²) in [6.45, 7) is 0.471. The fraction of sp³-hybridized carbons (Fsp3) is 0.158. The number of thioether (sulfide) groups is 1. The van der Waals surface area contributed by atoms with Crippen LogP contribution in [0.4, 0.5) is 0 Å². The third kappa shape index (κ3) is 5.53. The van der Waals surface area contributed by atoms with Gasteiger partial charge in [-0.25, -0.2) is 18.5 Å². The number of rotatable bonds is 7. The summed E-state index contributed by atoms with van der Waals surface area (Å²) in [4.78, 5) is 16.6. The third-order valence-corrected chi connectivity index (χ3v) is 5.77. The summed E-state index contributed by atoms with van der Waals surface area (Å²) < 4.78 is 22.4. The molecule has 140 valence electrons. The number of benzene rings is 2. The predicted octanol–water partition coefficient (Wildman–Crippen LogP) is 2.33. The van der Waals surface area contributed by atoms with Crippen molar-refractivity contribution in [2.45, 2.75) is 16.3 Å². The normalized spacial score (nSPS) is 11.4. The van der Waals surface area contributed by atoms with Crippen molar-refractivity contribution in [1.29, 1.82) is 0 Å². The Morgan fingerprint density at radius 3 is 2.52 bits per heavy atom. The van der Waals surface area contributed by atoms with Crippen molar-refractivity contribution < 1.29 is 13.2 Å². The van der Waals surface area contributed by atoms with Gasteiger partial charge in [-0.05, 0) is 36.2 Å². The van der Waals surface area contributed by atoms with Crippen molar-refractivity contribution in [3.63, 3.8) is 0 Å². The molecule has 0 atom stereocenters. The Balaban J connectivity index is 1.45. The Kier molecular flexibility index (Phi) is 6.10. The van der Waals surface area contributed by atoms with Crippen LogP contribution in [0, 0.1) is 0 Å². The summed E-state index contributed by atoms with van der Waals surface area (Å²) >= 11 is 1.39. The molecule has 3 aromatic rings. The molecule has 0 aliphatic heterocycles. The van der Waals surface area contributed by atoms with Crippen LogP contribution < -0.4 is 10.5 Å². The molecule has 0 spiro atoms. The SMILES string of the molecule is NS(=O)(=O)c1ccc(CCNC(=O)CSc2ccc3ccccc3n2)cc1. The lowest BCUT2D eigenvalue weighted by molar-refractivity contribution is -0.118. The van der Waals surface area contributed by atoms with Gasteiger partial charge in [-0.1, -0.05) is 48.2 Å². The van der Waals surface area contributed by atoms with E-state index in [2.05, 4.69) is 10.3 Å². The van der Waals surface area contributed by atoms with E-state index >= 15 is 0 Å². The first-order valence-corrected chi connectivity index (χ1v) is 10.8. The summed E-state index contributed by atoms with van der Waals surface area (Å²) in [6, 6.07) is 18.1. The number of nitrogens with zero attached hydrogens (tertiary/aromatic N) is 1. The highest BCUT2D eigenvalue weighted by Crippen LogP contribution is 2.19. The van der Waals surface area contributed by atoms with E-state index in [1.807, 2.05) is 36.4 Å². The van der Waals surface area contributed by atoms with Gasteiger partial charge in [0.15, 0.2) is 0 Å². The number of sulfonamides is 1. The first kappa shape index (κ1) is 19.3. The lowest BCUT2D eigenvalue weighted by Crippen LogP contribution is -2.27. The Bertz CT molecular complexity index is 1050. The largest absolute Gasteiger partial charge is 0.355 e. The van der Waals surface area contributed by atoms with Gasteiger partial charge in [-0.3, -0.25) is 4.79 Å². The number of fused-ring (bicyclic) bond motifs is 1. The van der Waals surface area contributed by atoms with Crippen molar-refractivity contribution in [1.82, 2.24) is 10.3 Å². The van der Waals surface area contributed by atoms with Crippen LogP contribution in [0.1, 0.15) is 5.56 Å². The average molecular weight is 402 g/mol. The summed E-state index contributed by atoms with van der Waals surface area (Å²) in [5.41, 5.74) is 1.83. The Morgan fingerprint density at radius 1 is 1.04 bits per heavy atom. The van der Waals surface area contributed by atoms with Gasteiger partial charge in [0.05, 0.1) is 21.2 Å². The van der Waals surface area contributed by atoms with E-state index in [1.165, 1.54) is 23.9 Å². The number of pyridine rings is 1. The van der Waals surface area contributed by atoms with Crippen molar-refractivity contribution in [3.05, 3.63) is 66.2 Å². The zero-order valence-electron chi connectivity index (χ0n) is 14.5. The van der Waals surface area contributed by atoms with Crippen LogP contribution in [-0.4, -0.2) is 31.6 Å². The maximum absolute atomic E-state index is 12.0. The van der Waals surface area contributed by atoms with E-state index < -0.39 is 10.0 Å². The topological polar surface area (TPSA) is 102 Å². The van der Waals surface area contributed by atoms with E-state index in [9.17, 15) is 13.2 Å². The van der Waals surface area contributed by atoms with Crippen LogP contribution in [0.3, 0.4) is 0 Å². The zero-order valence-corrected chi connectivity index (χ0v) is 16.1. The molecule has 0 bridgehead atoms. The van der Waals surface area contributed by atoms with Crippen molar-refractivity contribution in [3.8, 4) is 0 Å². The van der Waals surface area contributed by atoms with Gasteiger partial charge >= 0.3 is 0 Å². The number of nitrogens with one attached hydrogen (secondary N) is 1. The molecule has 3 rings (SSSR count).